The van der Waals surface area contributed by atoms with E-state index in [9.17, 15) is 0 Å². The highest BCUT2D eigenvalue weighted by atomic mass is 14.8. The van der Waals surface area contributed by atoms with Gasteiger partial charge in [-0.1, -0.05) is 0 Å². The standard InChI is InChI=1S/C9H12/c1-5-3-9(4-6(1)9)8-2-7(5)8/h5-8H,1-4H2/t5?,6?,7?,8-,9?/m1/s1. The summed E-state index contributed by atoms with van der Waals surface area (Å²) in [6.45, 7) is 0. The zero-order chi connectivity index (χ0) is 5.64. The van der Waals surface area contributed by atoms with Gasteiger partial charge in [0.15, 0.2) is 0 Å². The third-order valence-corrected chi connectivity index (χ3v) is 4.69. The molecule has 0 N–H and O–H groups in total. The van der Waals surface area contributed by atoms with E-state index in [1.165, 1.54) is 23.7 Å². The molecule has 4 aliphatic rings. The van der Waals surface area contributed by atoms with Crippen LogP contribution in [0.4, 0.5) is 0 Å². The molecule has 1 spiro atoms. The molecule has 4 fully saturated rings. The number of rotatable bonds is 0. The van der Waals surface area contributed by atoms with Crippen molar-refractivity contribution in [3.63, 3.8) is 0 Å². The Morgan fingerprint density at radius 3 is 2.78 bits per heavy atom. The van der Waals surface area contributed by atoms with E-state index in [0.29, 0.717) is 0 Å². The van der Waals surface area contributed by atoms with Gasteiger partial charge in [-0.05, 0) is 54.8 Å². The van der Waals surface area contributed by atoms with Crippen LogP contribution in [0.3, 0.4) is 0 Å². The summed E-state index contributed by atoms with van der Waals surface area (Å²) in [6, 6.07) is 0. The summed E-state index contributed by atoms with van der Waals surface area (Å²) in [7, 11) is 0. The molecule has 48 valence electrons. The van der Waals surface area contributed by atoms with E-state index >= 15 is 0 Å². The van der Waals surface area contributed by atoms with Crippen LogP contribution < -0.4 is 0 Å². The van der Waals surface area contributed by atoms with Crippen LogP contribution in [0.15, 0.2) is 0 Å². The molecule has 0 saturated heterocycles. The second kappa shape index (κ2) is 0.810. The first kappa shape index (κ1) is 4.00. The molecule has 5 atom stereocenters. The van der Waals surface area contributed by atoms with Gasteiger partial charge in [0.25, 0.3) is 0 Å². The number of hydrogen-bond donors (Lipinski definition) is 0. The van der Waals surface area contributed by atoms with Crippen LogP contribution in [-0.2, 0) is 0 Å². The van der Waals surface area contributed by atoms with E-state index in [0.717, 1.165) is 5.41 Å². The molecule has 0 aromatic rings. The van der Waals surface area contributed by atoms with Crippen LogP contribution in [0.25, 0.3) is 0 Å². The Morgan fingerprint density at radius 1 is 1.11 bits per heavy atom. The third kappa shape index (κ3) is 0.249. The van der Waals surface area contributed by atoms with Gasteiger partial charge in [0.1, 0.15) is 0 Å². The molecular formula is C9H12. The zero-order valence-electron chi connectivity index (χ0n) is 5.64. The molecule has 0 heteroatoms. The van der Waals surface area contributed by atoms with Crippen LogP contribution in [0.5, 0.6) is 0 Å². The van der Waals surface area contributed by atoms with E-state index in [1.54, 1.807) is 25.7 Å². The van der Waals surface area contributed by atoms with Crippen LogP contribution in [-0.4, -0.2) is 0 Å². The smallest absolute Gasteiger partial charge is 0.0232 e. The van der Waals surface area contributed by atoms with Gasteiger partial charge in [0, 0.05) is 0 Å². The fourth-order valence-electron chi connectivity index (χ4n) is 4.23. The van der Waals surface area contributed by atoms with Crippen molar-refractivity contribution in [2.75, 3.05) is 0 Å². The maximum Gasteiger partial charge on any atom is -0.0232 e. The molecule has 0 radical (unpaired) electrons. The maximum atomic E-state index is 1.66. The van der Waals surface area contributed by atoms with Crippen molar-refractivity contribution in [1.29, 1.82) is 0 Å². The van der Waals surface area contributed by atoms with Gasteiger partial charge in [-0.2, -0.15) is 0 Å². The average Bonchev–Trinajstić information content (AvgIpc) is 2.68. The molecule has 2 bridgehead atoms. The predicted molar refractivity (Wildman–Crippen MR) is 34.9 cm³/mol. The fourth-order valence-corrected chi connectivity index (χ4v) is 4.23. The van der Waals surface area contributed by atoms with Gasteiger partial charge in [0.05, 0.1) is 0 Å². The van der Waals surface area contributed by atoms with Gasteiger partial charge in [-0.15, -0.1) is 0 Å². The molecule has 0 aromatic carbocycles. The minimum atomic E-state index is 1.01. The molecule has 4 aliphatic carbocycles. The summed E-state index contributed by atoms with van der Waals surface area (Å²) in [5.41, 5.74) is 1.01. The van der Waals surface area contributed by atoms with E-state index in [-0.39, 0.29) is 0 Å². The second-order valence-electron chi connectivity index (χ2n) is 4.84. The minimum absolute atomic E-state index is 1.01. The first-order valence-electron chi connectivity index (χ1n) is 4.40. The van der Waals surface area contributed by atoms with Gasteiger partial charge in [-0.25, -0.2) is 0 Å². The first-order chi connectivity index (χ1) is 4.40. The van der Waals surface area contributed by atoms with Gasteiger partial charge in [0.2, 0.25) is 0 Å². The lowest BCUT2D eigenvalue weighted by Crippen LogP contribution is -1.98. The average molecular weight is 120 g/mol. The number of hydrogen-bond acceptors (Lipinski definition) is 0. The van der Waals surface area contributed by atoms with Crippen LogP contribution in [0.1, 0.15) is 25.7 Å². The van der Waals surface area contributed by atoms with Crippen LogP contribution >= 0.6 is 0 Å². The summed E-state index contributed by atoms with van der Waals surface area (Å²) in [4.78, 5) is 0. The highest BCUT2D eigenvalue weighted by Crippen LogP contribution is 2.84. The van der Waals surface area contributed by atoms with Crippen molar-refractivity contribution in [2.24, 2.45) is 29.1 Å². The summed E-state index contributed by atoms with van der Waals surface area (Å²) in [5, 5.41) is 0. The van der Waals surface area contributed by atoms with Gasteiger partial charge in [-0.3, -0.25) is 0 Å². The molecule has 0 nitrogen and oxygen atoms in total. The van der Waals surface area contributed by atoms with Crippen molar-refractivity contribution < 1.29 is 0 Å². The zero-order valence-corrected chi connectivity index (χ0v) is 5.64. The first-order valence-corrected chi connectivity index (χ1v) is 4.40. The normalized spacial score (nSPS) is 80.0. The van der Waals surface area contributed by atoms with Crippen LogP contribution in [0.2, 0.25) is 0 Å². The SMILES string of the molecule is C1C2CC3(CC13)[C@@H]1CC21. The quantitative estimate of drug-likeness (QED) is 0.459. The number of fused-ring (bicyclic) bond motifs is 3. The van der Waals surface area contributed by atoms with E-state index in [4.69, 9.17) is 0 Å². The highest BCUT2D eigenvalue weighted by Gasteiger charge is 2.76. The van der Waals surface area contributed by atoms with Crippen molar-refractivity contribution >= 4 is 0 Å². The lowest BCUT2D eigenvalue weighted by Gasteiger charge is -2.04. The maximum absolute atomic E-state index is 1.66. The molecule has 4 rings (SSSR count). The highest BCUT2D eigenvalue weighted by molar-refractivity contribution is 5.25. The Kier molecular flexibility index (Phi) is 0.360. The third-order valence-electron chi connectivity index (χ3n) is 4.69. The monoisotopic (exact) mass is 120 g/mol. The summed E-state index contributed by atoms with van der Waals surface area (Å²) >= 11 is 0. The lowest BCUT2D eigenvalue weighted by atomic mass is 10.0. The molecule has 4 saturated carbocycles. The van der Waals surface area contributed by atoms with Gasteiger partial charge >= 0.3 is 0 Å². The molecule has 4 unspecified atom stereocenters. The fraction of sp³-hybridized carbons (Fsp3) is 1.00. The topological polar surface area (TPSA) is 0 Å². The summed E-state index contributed by atoms with van der Waals surface area (Å²) < 4.78 is 0. The minimum Gasteiger partial charge on any atom is -0.0467 e. The molecule has 0 amide bonds. The molecule has 0 heterocycles. The molecule has 9 heavy (non-hydrogen) atoms. The van der Waals surface area contributed by atoms with Crippen molar-refractivity contribution in [2.45, 2.75) is 25.7 Å². The largest absolute Gasteiger partial charge is 0.0467 e. The lowest BCUT2D eigenvalue weighted by molar-refractivity contribution is 0.444. The van der Waals surface area contributed by atoms with E-state index < -0.39 is 0 Å². The predicted octanol–water partition coefficient (Wildman–Crippen LogP) is 2.05. The Balaban J connectivity index is 1.97. The van der Waals surface area contributed by atoms with E-state index in [1.807, 2.05) is 0 Å². The van der Waals surface area contributed by atoms with Crippen LogP contribution in [0, 0.1) is 29.1 Å². The second-order valence-corrected chi connectivity index (χ2v) is 4.84. The Hall–Kier alpha value is 0. The Bertz CT molecular complexity index is 194. The summed E-state index contributed by atoms with van der Waals surface area (Å²) in [5.74, 6) is 4.99. The molecule has 0 aliphatic heterocycles. The van der Waals surface area contributed by atoms with Crippen molar-refractivity contribution in [3.8, 4) is 0 Å². The molecule has 0 aromatic heterocycles. The van der Waals surface area contributed by atoms with Gasteiger partial charge < -0.3 is 0 Å². The Labute approximate surface area is 55.6 Å². The summed E-state index contributed by atoms with van der Waals surface area (Å²) in [6.07, 6.45) is 6.58. The molecular weight excluding hydrogens is 108 g/mol. The van der Waals surface area contributed by atoms with Crippen molar-refractivity contribution in [1.82, 2.24) is 0 Å². The Morgan fingerprint density at radius 2 is 2.11 bits per heavy atom. The van der Waals surface area contributed by atoms with Crippen molar-refractivity contribution in [3.05, 3.63) is 0 Å². The van der Waals surface area contributed by atoms with E-state index in [2.05, 4.69) is 0 Å².